The minimum Gasteiger partial charge on any atom is -0.464 e. The van der Waals surface area contributed by atoms with Crippen LogP contribution < -0.4 is 0 Å². The largest absolute Gasteiger partial charge is 0.464 e. The molecule has 0 N–H and O–H groups in total. The molecule has 28 heavy (non-hydrogen) atoms. The third-order valence-corrected chi connectivity index (χ3v) is 6.00. The number of hydrogen-bond acceptors (Lipinski definition) is 5. The lowest BCUT2D eigenvalue weighted by Gasteiger charge is -1.99. The van der Waals surface area contributed by atoms with E-state index in [1.165, 1.54) is 11.3 Å². The van der Waals surface area contributed by atoms with Crippen molar-refractivity contribution < 1.29 is 4.42 Å². The van der Waals surface area contributed by atoms with Crippen molar-refractivity contribution >= 4 is 39.5 Å². The van der Waals surface area contributed by atoms with Gasteiger partial charge in [-0.2, -0.15) is 9.61 Å². The molecule has 2 aromatic carbocycles. The lowest BCUT2D eigenvalue weighted by molar-refractivity contribution is 0.583. The number of benzene rings is 2. The lowest BCUT2D eigenvalue weighted by Crippen LogP contribution is -1.97. The average molecular weight is 427 g/mol. The van der Waals surface area contributed by atoms with E-state index in [1.54, 1.807) is 22.9 Å². The second kappa shape index (κ2) is 7.05. The third kappa shape index (κ3) is 3.20. The molecule has 0 unspecified atom stereocenters. The lowest BCUT2D eigenvalue weighted by atomic mass is 10.1. The molecule has 0 atom stereocenters. The Kier molecular flexibility index (Phi) is 4.39. The summed E-state index contributed by atoms with van der Waals surface area (Å²) in [5.74, 6) is 1.50. The van der Waals surface area contributed by atoms with Crippen molar-refractivity contribution in [1.82, 2.24) is 19.8 Å². The van der Waals surface area contributed by atoms with Crippen LogP contribution >= 0.6 is 34.5 Å². The number of rotatable bonds is 4. The third-order valence-electron chi connectivity index (χ3n) is 4.31. The molecule has 3 aromatic heterocycles. The molecule has 5 aromatic rings. The van der Waals surface area contributed by atoms with Gasteiger partial charge in [-0.15, -0.1) is 10.2 Å². The van der Waals surface area contributed by atoms with Crippen molar-refractivity contribution in [3.63, 3.8) is 0 Å². The number of furan rings is 1. The molecular formula is C20H12Cl2N4OS. The van der Waals surface area contributed by atoms with Gasteiger partial charge in [0.15, 0.2) is 10.8 Å². The summed E-state index contributed by atoms with van der Waals surface area (Å²) in [5.41, 5.74) is 2.90. The van der Waals surface area contributed by atoms with E-state index < -0.39 is 0 Å². The minimum absolute atomic E-state index is 0.487. The van der Waals surface area contributed by atoms with Crippen LogP contribution in [0.1, 0.15) is 11.4 Å². The first-order chi connectivity index (χ1) is 13.7. The second-order valence-corrected chi connectivity index (χ2v) is 7.98. The van der Waals surface area contributed by atoms with E-state index in [4.69, 9.17) is 27.6 Å². The Balaban J connectivity index is 1.47. The zero-order chi connectivity index (χ0) is 19.1. The van der Waals surface area contributed by atoms with Gasteiger partial charge >= 0.3 is 0 Å². The van der Waals surface area contributed by atoms with Gasteiger partial charge in [-0.3, -0.25) is 0 Å². The molecule has 5 nitrogen and oxygen atoms in total. The number of halogens is 2. The van der Waals surface area contributed by atoms with Crippen LogP contribution in [0.15, 0.2) is 65.3 Å². The van der Waals surface area contributed by atoms with E-state index in [9.17, 15) is 0 Å². The first kappa shape index (κ1) is 17.4. The van der Waals surface area contributed by atoms with Gasteiger partial charge in [-0.25, -0.2) is 0 Å². The van der Waals surface area contributed by atoms with Gasteiger partial charge in [-0.1, -0.05) is 64.9 Å². The van der Waals surface area contributed by atoms with E-state index in [0.29, 0.717) is 22.2 Å². The molecule has 138 valence electrons. The second-order valence-electron chi connectivity index (χ2n) is 6.21. The summed E-state index contributed by atoms with van der Waals surface area (Å²) in [4.78, 5) is 0.748. The van der Waals surface area contributed by atoms with Gasteiger partial charge in [0.05, 0.1) is 15.6 Å². The SMILES string of the molecule is Clc1ccc(-c2cc(-c3nn4c(Cc5ccccc5)nnc4s3)co2)cc1Cl. The fourth-order valence-corrected chi connectivity index (χ4v) is 4.04. The number of aromatic nitrogens is 4. The van der Waals surface area contributed by atoms with Crippen LogP contribution in [0, 0.1) is 0 Å². The quantitative estimate of drug-likeness (QED) is 0.353. The van der Waals surface area contributed by atoms with Crippen LogP contribution in [-0.2, 0) is 6.42 Å². The number of fused-ring (bicyclic) bond motifs is 1. The molecule has 5 rings (SSSR count). The Hall–Kier alpha value is -2.67. The first-order valence-corrected chi connectivity index (χ1v) is 10.0. The summed E-state index contributed by atoms with van der Waals surface area (Å²) >= 11 is 13.6. The van der Waals surface area contributed by atoms with Crippen LogP contribution in [0.4, 0.5) is 0 Å². The normalized spacial score (nSPS) is 11.4. The summed E-state index contributed by atoms with van der Waals surface area (Å²) in [6.07, 6.45) is 2.35. The molecule has 0 aliphatic carbocycles. The molecule has 0 amide bonds. The van der Waals surface area contributed by atoms with Gasteiger partial charge in [-0.05, 0) is 29.8 Å². The monoisotopic (exact) mass is 426 g/mol. The summed E-state index contributed by atoms with van der Waals surface area (Å²) in [5, 5.41) is 15.0. The highest BCUT2D eigenvalue weighted by Gasteiger charge is 2.16. The van der Waals surface area contributed by atoms with Gasteiger partial charge < -0.3 is 4.42 Å². The Bertz CT molecular complexity index is 1280. The molecule has 8 heteroatoms. The molecule has 3 heterocycles. The predicted molar refractivity (Wildman–Crippen MR) is 111 cm³/mol. The molecule has 0 fully saturated rings. The van der Waals surface area contributed by atoms with E-state index in [1.807, 2.05) is 30.3 Å². The highest BCUT2D eigenvalue weighted by Crippen LogP contribution is 2.33. The summed E-state index contributed by atoms with van der Waals surface area (Å²) < 4.78 is 7.51. The predicted octanol–water partition coefficient (Wildman–Crippen LogP) is 6.01. The molecule has 0 radical (unpaired) electrons. The van der Waals surface area contributed by atoms with Crippen LogP contribution in [0.2, 0.25) is 10.0 Å². The van der Waals surface area contributed by atoms with Crippen LogP contribution in [-0.4, -0.2) is 19.8 Å². The Labute approximate surface area is 174 Å². The topological polar surface area (TPSA) is 56.2 Å². The summed E-state index contributed by atoms with van der Waals surface area (Å²) in [7, 11) is 0. The molecular weight excluding hydrogens is 415 g/mol. The molecule has 0 bridgehead atoms. The molecule has 0 aliphatic heterocycles. The Morgan fingerprint density at radius 1 is 0.929 bits per heavy atom. The van der Waals surface area contributed by atoms with E-state index >= 15 is 0 Å². The van der Waals surface area contributed by atoms with Gasteiger partial charge in [0.25, 0.3) is 0 Å². The Morgan fingerprint density at radius 2 is 1.79 bits per heavy atom. The van der Waals surface area contributed by atoms with Gasteiger partial charge in [0.1, 0.15) is 12.0 Å². The van der Waals surface area contributed by atoms with Crippen LogP contribution in [0.5, 0.6) is 0 Å². The summed E-state index contributed by atoms with van der Waals surface area (Å²) in [6, 6.07) is 17.5. The fraction of sp³-hybridized carbons (Fsp3) is 0.0500. The highest BCUT2D eigenvalue weighted by atomic mass is 35.5. The van der Waals surface area contributed by atoms with Crippen molar-refractivity contribution in [3.05, 3.63) is 82.3 Å². The molecule has 0 saturated carbocycles. The van der Waals surface area contributed by atoms with Crippen molar-refractivity contribution in [3.8, 4) is 21.9 Å². The van der Waals surface area contributed by atoms with E-state index in [-0.39, 0.29) is 0 Å². The minimum atomic E-state index is 0.487. The maximum atomic E-state index is 6.11. The van der Waals surface area contributed by atoms with Gasteiger partial charge in [0, 0.05) is 12.0 Å². The van der Waals surface area contributed by atoms with Crippen LogP contribution in [0.3, 0.4) is 0 Å². The summed E-state index contributed by atoms with van der Waals surface area (Å²) in [6.45, 7) is 0. The Morgan fingerprint density at radius 3 is 2.61 bits per heavy atom. The smallest absolute Gasteiger partial charge is 0.234 e. The number of nitrogens with zero attached hydrogens (tertiary/aromatic N) is 4. The maximum Gasteiger partial charge on any atom is 0.234 e. The maximum absolute atomic E-state index is 6.11. The zero-order valence-electron chi connectivity index (χ0n) is 14.3. The molecule has 0 aliphatic rings. The standard InChI is InChI=1S/C20H12Cl2N4OS/c21-15-7-6-13(9-16(15)22)17-10-14(11-27-17)19-25-26-18(23-24-20(26)28-19)8-12-4-2-1-3-5-12/h1-7,9-11H,8H2. The first-order valence-electron chi connectivity index (χ1n) is 8.47. The van der Waals surface area contributed by atoms with Crippen LogP contribution in [0.25, 0.3) is 26.9 Å². The van der Waals surface area contributed by atoms with Gasteiger partial charge in [0.2, 0.25) is 4.96 Å². The van der Waals surface area contributed by atoms with E-state index in [2.05, 4.69) is 27.4 Å². The van der Waals surface area contributed by atoms with Crippen molar-refractivity contribution in [2.75, 3.05) is 0 Å². The zero-order valence-corrected chi connectivity index (χ0v) is 16.7. The fourth-order valence-electron chi connectivity index (χ4n) is 2.91. The number of hydrogen-bond donors (Lipinski definition) is 0. The highest BCUT2D eigenvalue weighted by molar-refractivity contribution is 7.19. The van der Waals surface area contributed by atoms with E-state index in [0.717, 1.165) is 32.5 Å². The average Bonchev–Trinajstić information content (AvgIpc) is 3.42. The van der Waals surface area contributed by atoms with Crippen molar-refractivity contribution in [1.29, 1.82) is 0 Å². The molecule has 0 saturated heterocycles. The van der Waals surface area contributed by atoms with Crippen molar-refractivity contribution in [2.24, 2.45) is 0 Å². The van der Waals surface area contributed by atoms with Crippen molar-refractivity contribution in [2.45, 2.75) is 6.42 Å². The molecule has 0 spiro atoms.